The van der Waals surface area contributed by atoms with E-state index in [0.717, 1.165) is 0 Å². The Labute approximate surface area is 88.9 Å². The number of amides is 2. The number of carbonyl (C=O) groups is 2. The highest BCUT2D eigenvalue weighted by molar-refractivity contribution is 5.76. The van der Waals surface area contributed by atoms with Crippen molar-refractivity contribution in [2.24, 2.45) is 5.92 Å². The van der Waals surface area contributed by atoms with Gasteiger partial charge < -0.3 is 20.4 Å². The van der Waals surface area contributed by atoms with Crippen LogP contribution in [-0.4, -0.2) is 53.4 Å². The van der Waals surface area contributed by atoms with Gasteiger partial charge in [0.15, 0.2) is 0 Å². The molecule has 88 valence electrons. The number of urea groups is 1. The number of aliphatic carboxylic acids is 1. The lowest BCUT2D eigenvalue weighted by atomic mass is 10.0. The van der Waals surface area contributed by atoms with Crippen molar-refractivity contribution in [2.75, 3.05) is 20.2 Å². The van der Waals surface area contributed by atoms with E-state index in [1.165, 1.54) is 18.9 Å². The minimum atomic E-state index is -0.951. The number of nitrogens with one attached hydrogen (secondary N) is 1. The fraction of sp³-hybridized carbons (Fsp3) is 0.778. The maximum atomic E-state index is 11.4. The normalized spacial score (nSPS) is 14.1. The molecule has 0 heterocycles. The summed E-state index contributed by atoms with van der Waals surface area (Å²) in [6.45, 7) is 3.26. The van der Waals surface area contributed by atoms with Crippen LogP contribution in [0.4, 0.5) is 4.79 Å². The van der Waals surface area contributed by atoms with Crippen LogP contribution >= 0.6 is 0 Å². The second-order valence-corrected chi connectivity index (χ2v) is 3.51. The standard InChI is InChI=1S/C9H18N2O4/c1-6(8(13)14)7(2)10-9(15)11(3)4-5-12/h6-7,12H,4-5H2,1-3H3,(H,10,15)(H,13,14). The van der Waals surface area contributed by atoms with Crippen LogP contribution < -0.4 is 5.32 Å². The number of likely N-dealkylation sites (N-methyl/N-ethyl adjacent to an activating group) is 1. The molecule has 0 radical (unpaired) electrons. The van der Waals surface area contributed by atoms with Crippen molar-refractivity contribution in [3.05, 3.63) is 0 Å². The Morgan fingerprint density at radius 3 is 2.33 bits per heavy atom. The maximum Gasteiger partial charge on any atom is 0.317 e. The molecule has 0 aromatic rings. The third-order valence-electron chi connectivity index (χ3n) is 2.27. The number of rotatable bonds is 5. The van der Waals surface area contributed by atoms with Gasteiger partial charge in [0.2, 0.25) is 0 Å². The number of carbonyl (C=O) groups excluding carboxylic acids is 1. The molecule has 0 saturated carbocycles. The Morgan fingerprint density at radius 1 is 1.40 bits per heavy atom. The molecular formula is C9H18N2O4. The van der Waals surface area contributed by atoms with E-state index in [1.54, 1.807) is 6.92 Å². The zero-order valence-corrected chi connectivity index (χ0v) is 9.23. The Morgan fingerprint density at radius 2 is 1.93 bits per heavy atom. The van der Waals surface area contributed by atoms with E-state index in [-0.39, 0.29) is 19.2 Å². The van der Waals surface area contributed by atoms with Crippen LogP contribution in [0.25, 0.3) is 0 Å². The monoisotopic (exact) mass is 218 g/mol. The molecule has 0 rings (SSSR count). The molecule has 0 fully saturated rings. The van der Waals surface area contributed by atoms with Gasteiger partial charge in [-0.2, -0.15) is 0 Å². The first-order chi connectivity index (χ1) is 6.90. The second kappa shape index (κ2) is 6.23. The summed E-state index contributed by atoms with van der Waals surface area (Å²) < 4.78 is 0. The Hall–Kier alpha value is -1.30. The van der Waals surface area contributed by atoms with Gasteiger partial charge in [0.1, 0.15) is 0 Å². The highest BCUT2D eigenvalue weighted by Crippen LogP contribution is 2.02. The number of carboxylic acid groups (broad SMARTS) is 1. The summed E-state index contributed by atoms with van der Waals surface area (Å²) in [5.74, 6) is -1.59. The molecule has 6 heteroatoms. The predicted octanol–water partition coefficient (Wildman–Crippen LogP) is -0.271. The van der Waals surface area contributed by atoms with Crippen molar-refractivity contribution >= 4 is 12.0 Å². The summed E-state index contributed by atoms with van der Waals surface area (Å²) in [7, 11) is 1.53. The molecule has 2 unspecified atom stereocenters. The van der Waals surface area contributed by atoms with E-state index in [1.807, 2.05) is 0 Å². The molecule has 2 amide bonds. The van der Waals surface area contributed by atoms with Crippen LogP contribution in [0.3, 0.4) is 0 Å². The number of hydrogen-bond acceptors (Lipinski definition) is 3. The fourth-order valence-corrected chi connectivity index (χ4v) is 0.895. The van der Waals surface area contributed by atoms with E-state index in [0.29, 0.717) is 0 Å². The molecule has 6 nitrogen and oxygen atoms in total. The average Bonchev–Trinajstić information content (AvgIpc) is 2.16. The summed E-state index contributed by atoms with van der Waals surface area (Å²) in [5.41, 5.74) is 0. The smallest absolute Gasteiger partial charge is 0.317 e. The van der Waals surface area contributed by atoms with Gasteiger partial charge in [-0.05, 0) is 13.8 Å². The lowest BCUT2D eigenvalue weighted by molar-refractivity contribution is -0.141. The van der Waals surface area contributed by atoms with Crippen LogP contribution in [0.2, 0.25) is 0 Å². The van der Waals surface area contributed by atoms with E-state index in [4.69, 9.17) is 10.2 Å². The topological polar surface area (TPSA) is 89.9 Å². The summed E-state index contributed by atoms with van der Waals surface area (Å²) in [4.78, 5) is 23.3. The first-order valence-corrected chi connectivity index (χ1v) is 4.75. The molecule has 0 bridgehead atoms. The largest absolute Gasteiger partial charge is 0.481 e. The summed E-state index contributed by atoms with van der Waals surface area (Å²) >= 11 is 0. The van der Waals surface area contributed by atoms with Crippen LogP contribution in [0, 0.1) is 5.92 Å². The lowest BCUT2D eigenvalue weighted by Crippen LogP contribution is -2.46. The van der Waals surface area contributed by atoms with Gasteiger partial charge >= 0.3 is 12.0 Å². The van der Waals surface area contributed by atoms with Gasteiger partial charge in [0, 0.05) is 19.6 Å². The first-order valence-electron chi connectivity index (χ1n) is 4.75. The number of aliphatic hydroxyl groups excluding tert-OH is 1. The van der Waals surface area contributed by atoms with Crippen molar-refractivity contribution in [3.8, 4) is 0 Å². The first kappa shape index (κ1) is 13.7. The Balaban J connectivity index is 4.11. The molecule has 0 aliphatic carbocycles. The number of carboxylic acids is 1. The zero-order chi connectivity index (χ0) is 12.0. The maximum absolute atomic E-state index is 11.4. The van der Waals surface area contributed by atoms with Crippen molar-refractivity contribution in [3.63, 3.8) is 0 Å². The van der Waals surface area contributed by atoms with E-state index in [9.17, 15) is 9.59 Å². The van der Waals surface area contributed by atoms with E-state index >= 15 is 0 Å². The molecule has 0 aliphatic heterocycles. The van der Waals surface area contributed by atoms with Gasteiger partial charge in [-0.1, -0.05) is 0 Å². The number of aliphatic hydroxyl groups is 1. The van der Waals surface area contributed by atoms with Crippen LogP contribution in [-0.2, 0) is 4.79 Å². The van der Waals surface area contributed by atoms with Gasteiger partial charge in [-0.3, -0.25) is 4.79 Å². The average molecular weight is 218 g/mol. The molecule has 2 atom stereocenters. The third kappa shape index (κ3) is 4.64. The van der Waals surface area contributed by atoms with E-state index in [2.05, 4.69) is 5.32 Å². The van der Waals surface area contributed by atoms with Crippen molar-refractivity contribution in [2.45, 2.75) is 19.9 Å². The number of hydrogen-bond donors (Lipinski definition) is 3. The van der Waals surface area contributed by atoms with Crippen LogP contribution in [0.1, 0.15) is 13.8 Å². The van der Waals surface area contributed by atoms with Gasteiger partial charge in [0.25, 0.3) is 0 Å². The lowest BCUT2D eigenvalue weighted by Gasteiger charge is -2.22. The Kier molecular flexibility index (Phi) is 5.69. The minimum absolute atomic E-state index is 0.118. The van der Waals surface area contributed by atoms with Gasteiger partial charge in [-0.25, -0.2) is 4.79 Å². The van der Waals surface area contributed by atoms with Gasteiger partial charge in [0.05, 0.1) is 12.5 Å². The molecule has 0 spiro atoms. The van der Waals surface area contributed by atoms with Gasteiger partial charge in [-0.15, -0.1) is 0 Å². The quantitative estimate of drug-likeness (QED) is 0.592. The summed E-state index contributed by atoms with van der Waals surface area (Å²) in [6.07, 6.45) is 0. The second-order valence-electron chi connectivity index (χ2n) is 3.51. The molecule has 0 aliphatic rings. The molecule has 0 aromatic carbocycles. The molecule has 0 saturated heterocycles. The SMILES string of the molecule is CC(NC(=O)N(C)CCO)C(C)C(=O)O. The fourth-order valence-electron chi connectivity index (χ4n) is 0.895. The summed E-state index contributed by atoms with van der Waals surface area (Å²) in [6, 6.07) is -0.833. The third-order valence-corrected chi connectivity index (χ3v) is 2.27. The molecule has 15 heavy (non-hydrogen) atoms. The Bertz CT molecular complexity index is 232. The highest BCUT2D eigenvalue weighted by Gasteiger charge is 2.21. The van der Waals surface area contributed by atoms with Crippen molar-refractivity contribution in [1.29, 1.82) is 0 Å². The minimum Gasteiger partial charge on any atom is -0.481 e. The highest BCUT2D eigenvalue weighted by atomic mass is 16.4. The van der Waals surface area contributed by atoms with Crippen LogP contribution in [0.5, 0.6) is 0 Å². The number of nitrogens with zero attached hydrogens (tertiary/aromatic N) is 1. The zero-order valence-electron chi connectivity index (χ0n) is 9.23. The summed E-state index contributed by atoms with van der Waals surface area (Å²) in [5, 5.41) is 19.8. The van der Waals surface area contributed by atoms with Crippen molar-refractivity contribution in [1.82, 2.24) is 10.2 Å². The predicted molar refractivity (Wildman–Crippen MR) is 54.5 cm³/mol. The van der Waals surface area contributed by atoms with Crippen LogP contribution in [0.15, 0.2) is 0 Å². The van der Waals surface area contributed by atoms with Crippen molar-refractivity contribution < 1.29 is 19.8 Å². The molecular weight excluding hydrogens is 200 g/mol. The van der Waals surface area contributed by atoms with E-state index < -0.39 is 17.9 Å². The molecule has 0 aromatic heterocycles. The molecule has 3 N–H and O–H groups in total.